The third-order valence-electron chi connectivity index (χ3n) is 2.17. The molecule has 0 aromatic rings. The van der Waals surface area contributed by atoms with E-state index < -0.39 is 5.97 Å². The number of nitrogens with one attached hydrogen (secondary N) is 1. The van der Waals surface area contributed by atoms with Crippen molar-refractivity contribution >= 4 is 23.6 Å². The Labute approximate surface area is 125 Å². The molecule has 112 valence electrons. The molecule has 0 rings (SSSR count). The first-order valence-electron chi connectivity index (χ1n) is 6.32. The third kappa shape index (κ3) is 7.04. The molecule has 0 aliphatic carbocycles. The fourth-order valence-corrected chi connectivity index (χ4v) is 1.47. The van der Waals surface area contributed by atoms with Gasteiger partial charge in [-0.15, -0.1) is 11.8 Å². The zero-order valence-corrected chi connectivity index (χ0v) is 13.3. The van der Waals surface area contributed by atoms with Crippen LogP contribution >= 0.6 is 11.8 Å². The van der Waals surface area contributed by atoms with Crippen molar-refractivity contribution in [2.45, 2.75) is 20.8 Å². The van der Waals surface area contributed by atoms with E-state index in [9.17, 15) is 4.79 Å². The lowest BCUT2D eigenvalue weighted by Crippen LogP contribution is -2.25. The second-order valence-electron chi connectivity index (χ2n) is 3.76. The molecule has 0 aliphatic rings. The van der Waals surface area contributed by atoms with E-state index in [-0.39, 0.29) is 0 Å². The third-order valence-corrected chi connectivity index (χ3v) is 2.77. The van der Waals surface area contributed by atoms with Crippen LogP contribution in [0.2, 0.25) is 0 Å². The molecule has 5 nitrogen and oxygen atoms in total. The van der Waals surface area contributed by atoms with Crippen molar-refractivity contribution in [2.24, 2.45) is 10.7 Å². The molecule has 0 amide bonds. The van der Waals surface area contributed by atoms with E-state index in [1.807, 2.05) is 13.2 Å². The minimum absolute atomic E-state index is 0.335. The summed E-state index contributed by atoms with van der Waals surface area (Å²) in [6, 6.07) is 0. The van der Waals surface area contributed by atoms with Gasteiger partial charge in [0.2, 0.25) is 0 Å². The maximum absolute atomic E-state index is 11.4. The van der Waals surface area contributed by atoms with Gasteiger partial charge in [0, 0.05) is 23.9 Å². The topological polar surface area (TPSA) is 76.7 Å². The summed E-state index contributed by atoms with van der Waals surface area (Å²) in [6.45, 7) is 10.2. The number of aliphatic imine (C=N–C) groups is 1. The van der Waals surface area contributed by atoms with E-state index in [1.54, 1.807) is 19.9 Å². The molecule has 6 heteroatoms. The molecule has 0 atom stereocenters. The van der Waals surface area contributed by atoms with Crippen LogP contribution in [0.1, 0.15) is 20.8 Å². The van der Waals surface area contributed by atoms with Crippen molar-refractivity contribution in [3.8, 4) is 0 Å². The van der Waals surface area contributed by atoms with Gasteiger partial charge in [-0.1, -0.05) is 6.58 Å². The first-order chi connectivity index (χ1) is 9.46. The standard InChI is InChI=1S/C14H23N3O2S/c1-6-16-14(17-11(4)20-5)12(10(3)15)8-9-13(18)19-7-2/h8-9H,4,6-7,15H2,1-3,5H3,(H,16,17)/b9-8+,12-10-. The molecule has 0 aromatic heterocycles. The molecule has 0 aromatic carbocycles. The first kappa shape index (κ1) is 18.3. The summed E-state index contributed by atoms with van der Waals surface area (Å²) in [6.07, 6.45) is 4.85. The number of thioether (sulfide) groups is 1. The first-order valence-corrected chi connectivity index (χ1v) is 7.54. The number of allylic oxidation sites excluding steroid dienone is 1. The highest BCUT2D eigenvalue weighted by molar-refractivity contribution is 8.02. The molecule has 0 aliphatic heterocycles. The Morgan fingerprint density at radius 2 is 2.10 bits per heavy atom. The number of nitrogens with two attached hydrogens (primary N) is 1. The van der Waals surface area contributed by atoms with Crippen LogP contribution in [0.15, 0.2) is 40.0 Å². The van der Waals surface area contributed by atoms with Crippen LogP contribution in [0.25, 0.3) is 0 Å². The number of hydrogen-bond acceptors (Lipinski definition) is 5. The van der Waals surface area contributed by atoms with Crippen molar-refractivity contribution in [3.63, 3.8) is 0 Å². The zero-order chi connectivity index (χ0) is 15.5. The molecular formula is C14H23N3O2S. The second-order valence-corrected chi connectivity index (χ2v) is 4.66. The summed E-state index contributed by atoms with van der Waals surface area (Å²) >= 11 is 1.48. The number of nitrogens with zero attached hydrogens (tertiary/aromatic N) is 1. The Kier molecular flexibility index (Phi) is 9.28. The number of hydrogen-bond donors (Lipinski definition) is 2. The average molecular weight is 297 g/mol. The van der Waals surface area contributed by atoms with Gasteiger partial charge < -0.3 is 15.8 Å². The van der Waals surface area contributed by atoms with E-state index >= 15 is 0 Å². The Bertz CT molecular complexity index is 436. The molecule has 3 N–H and O–H groups in total. The average Bonchev–Trinajstić information content (AvgIpc) is 2.38. The van der Waals surface area contributed by atoms with E-state index in [2.05, 4.69) is 16.9 Å². The summed E-state index contributed by atoms with van der Waals surface area (Å²) in [5, 5.41) is 3.83. The maximum atomic E-state index is 11.4. The molecule has 0 radical (unpaired) electrons. The number of carbonyl (C=O) groups excluding carboxylic acids is 1. The van der Waals surface area contributed by atoms with Gasteiger partial charge in [-0.2, -0.15) is 0 Å². The normalized spacial score (nSPS) is 13.1. The van der Waals surface area contributed by atoms with Crippen LogP contribution in [0.5, 0.6) is 0 Å². The van der Waals surface area contributed by atoms with Crippen molar-refractivity contribution in [3.05, 3.63) is 35.0 Å². The van der Waals surface area contributed by atoms with E-state index in [0.29, 0.717) is 30.3 Å². The predicted octanol–water partition coefficient (Wildman–Crippen LogP) is 2.18. The highest BCUT2D eigenvalue weighted by Gasteiger charge is 2.08. The van der Waals surface area contributed by atoms with Crippen LogP contribution in [0.4, 0.5) is 0 Å². The molecule has 20 heavy (non-hydrogen) atoms. The van der Waals surface area contributed by atoms with Crippen molar-refractivity contribution in [1.29, 1.82) is 0 Å². The molecule has 0 unspecified atom stereocenters. The Morgan fingerprint density at radius 3 is 2.55 bits per heavy atom. The van der Waals surface area contributed by atoms with Crippen LogP contribution in [0, 0.1) is 0 Å². The van der Waals surface area contributed by atoms with Crippen molar-refractivity contribution in [2.75, 3.05) is 19.4 Å². The van der Waals surface area contributed by atoms with Gasteiger partial charge in [0.25, 0.3) is 0 Å². The molecule has 0 saturated carbocycles. The van der Waals surface area contributed by atoms with E-state index in [1.165, 1.54) is 17.8 Å². The van der Waals surface area contributed by atoms with E-state index in [4.69, 9.17) is 10.5 Å². The fraction of sp³-hybridized carbons (Fsp3) is 0.429. The van der Waals surface area contributed by atoms with Gasteiger partial charge in [0.15, 0.2) is 0 Å². The van der Waals surface area contributed by atoms with Gasteiger partial charge in [-0.05, 0) is 33.1 Å². The fourth-order valence-electron chi connectivity index (χ4n) is 1.27. The number of ether oxygens (including phenoxy) is 1. The number of rotatable bonds is 7. The number of esters is 1. The maximum Gasteiger partial charge on any atom is 0.330 e. The summed E-state index contributed by atoms with van der Waals surface area (Å²) in [5.74, 6) is 0.179. The Balaban J connectivity index is 5.23. The Hall–Kier alpha value is -1.69. The van der Waals surface area contributed by atoms with Crippen LogP contribution in [0.3, 0.4) is 0 Å². The molecule has 0 heterocycles. The Morgan fingerprint density at radius 1 is 1.45 bits per heavy atom. The lowest BCUT2D eigenvalue weighted by Gasteiger charge is -2.13. The summed E-state index contributed by atoms with van der Waals surface area (Å²) < 4.78 is 4.84. The van der Waals surface area contributed by atoms with Crippen molar-refractivity contribution in [1.82, 2.24) is 5.32 Å². The van der Waals surface area contributed by atoms with Gasteiger partial charge in [-0.25, -0.2) is 4.79 Å². The molecule has 0 saturated heterocycles. The lowest BCUT2D eigenvalue weighted by atomic mass is 10.1. The molecule has 0 bridgehead atoms. The SMILES string of the molecule is C=C(NC(=NCC)C(/C=C/C(=O)OCC)=C(/C)N)SC. The summed E-state index contributed by atoms with van der Waals surface area (Å²) in [7, 11) is 0. The van der Waals surface area contributed by atoms with Gasteiger partial charge in [-0.3, -0.25) is 4.99 Å². The lowest BCUT2D eigenvalue weighted by molar-refractivity contribution is -0.137. The second kappa shape index (κ2) is 10.1. The monoisotopic (exact) mass is 297 g/mol. The van der Waals surface area contributed by atoms with Gasteiger partial charge in [0.05, 0.1) is 11.6 Å². The number of amidine groups is 1. The summed E-state index contributed by atoms with van der Waals surface area (Å²) in [4.78, 5) is 15.7. The van der Waals surface area contributed by atoms with Crippen molar-refractivity contribution < 1.29 is 9.53 Å². The van der Waals surface area contributed by atoms with Crippen LogP contribution < -0.4 is 11.1 Å². The van der Waals surface area contributed by atoms with E-state index in [0.717, 1.165) is 5.03 Å². The smallest absolute Gasteiger partial charge is 0.330 e. The van der Waals surface area contributed by atoms with Gasteiger partial charge >= 0.3 is 5.97 Å². The summed E-state index contributed by atoms with van der Waals surface area (Å²) in [5.41, 5.74) is 7.07. The van der Waals surface area contributed by atoms with Crippen LogP contribution in [-0.2, 0) is 9.53 Å². The molecule has 0 spiro atoms. The molecule has 0 fully saturated rings. The quantitative estimate of drug-likeness (QED) is 0.248. The van der Waals surface area contributed by atoms with Crippen LogP contribution in [-0.4, -0.2) is 31.2 Å². The number of carbonyl (C=O) groups is 1. The largest absolute Gasteiger partial charge is 0.463 e. The highest BCUT2D eigenvalue weighted by atomic mass is 32.2. The predicted molar refractivity (Wildman–Crippen MR) is 86.4 cm³/mol. The minimum Gasteiger partial charge on any atom is -0.463 e. The highest BCUT2D eigenvalue weighted by Crippen LogP contribution is 2.09. The zero-order valence-electron chi connectivity index (χ0n) is 12.5. The van der Waals surface area contributed by atoms with Gasteiger partial charge in [0.1, 0.15) is 5.84 Å². The molecular weight excluding hydrogens is 274 g/mol. The minimum atomic E-state index is -0.411.